The van der Waals surface area contributed by atoms with Gasteiger partial charge in [0.2, 0.25) is 0 Å². The number of aryl methyl sites for hydroxylation is 2. The van der Waals surface area contributed by atoms with Crippen LogP contribution in [-0.2, 0) is 22.1 Å². The zero-order chi connectivity index (χ0) is 17.2. The van der Waals surface area contributed by atoms with E-state index >= 15 is 0 Å². The number of sulfonamides is 1. The van der Waals surface area contributed by atoms with Gasteiger partial charge in [0, 0.05) is 6.07 Å². The topological polar surface area (TPSA) is 73.0 Å². The first-order valence-electron chi connectivity index (χ1n) is 7.67. The molecular weight excluding hydrogens is 314 g/mol. The average molecular weight is 337 g/mol. The first-order chi connectivity index (χ1) is 10.5. The molecule has 0 aromatic carbocycles. The van der Waals surface area contributed by atoms with Gasteiger partial charge in [0.15, 0.2) is 0 Å². The van der Waals surface area contributed by atoms with Gasteiger partial charge in [-0.15, -0.1) is 0 Å². The lowest BCUT2D eigenvalue weighted by atomic mass is 10.1. The highest BCUT2D eigenvalue weighted by Crippen LogP contribution is 2.32. The van der Waals surface area contributed by atoms with Gasteiger partial charge in [0.25, 0.3) is 10.0 Å². The molecule has 23 heavy (non-hydrogen) atoms. The Morgan fingerprint density at radius 2 is 1.74 bits per heavy atom. The highest BCUT2D eigenvalue weighted by molar-refractivity contribution is 7.93. The number of anilines is 1. The van der Waals surface area contributed by atoms with Crippen molar-refractivity contribution in [3.63, 3.8) is 0 Å². The van der Waals surface area contributed by atoms with Gasteiger partial charge in [0.1, 0.15) is 10.7 Å². The summed E-state index contributed by atoms with van der Waals surface area (Å²) in [7, 11) is -3.65. The van der Waals surface area contributed by atoms with Crippen LogP contribution in [0.1, 0.15) is 37.9 Å². The Balaban J connectivity index is 2.14. The number of fused-ring (bicyclic) bond motifs is 1. The van der Waals surface area contributed by atoms with Gasteiger partial charge in [0.05, 0.1) is 35.7 Å². The maximum Gasteiger partial charge on any atom is 0.269 e. The van der Waals surface area contributed by atoms with E-state index in [-0.39, 0.29) is 5.54 Å². The third-order valence-corrected chi connectivity index (χ3v) is 6.12. The molecule has 1 aliphatic heterocycles. The molecule has 3 heterocycles. The predicted octanol–water partition coefficient (Wildman–Crippen LogP) is 1.97. The van der Waals surface area contributed by atoms with Crippen molar-refractivity contribution < 1.29 is 8.42 Å². The van der Waals surface area contributed by atoms with E-state index in [0.717, 1.165) is 5.69 Å². The van der Waals surface area contributed by atoms with Gasteiger partial charge in [-0.05, 0) is 41.5 Å². The number of nitrogens with zero attached hydrogens (tertiary/aromatic N) is 5. The molecular formula is C15H23N5O2S. The first kappa shape index (κ1) is 16.0. The van der Waals surface area contributed by atoms with E-state index in [0.29, 0.717) is 35.2 Å². The summed E-state index contributed by atoms with van der Waals surface area (Å²) in [6, 6.07) is 1.81. The molecule has 0 radical (unpaired) electrons. The van der Waals surface area contributed by atoms with Crippen LogP contribution in [0.15, 0.2) is 11.0 Å². The fraction of sp³-hybridized carbons (Fsp3) is 0.600. The molecule has 3 rings (SSSR count). The molecule has 8 heteroatoms. The van der Waals surface area contributed by atoms with Gasteiger partial charge < -0.3 is 0 Å². The van der Waals surface area contributed by atoms with Crippen LogP contribution in [0.25, 0.3) is 0 Å². The van der Waals surface area contributed by atoms with Crippen LogP contribution in [0, 0.1) is 20.8 Å². The Bertz CT molecular complexity index is 871. The normalized spacial score (nSPS) is 15.3. The molecule has 2 aromatic heterocycles. The van der Waals surface area contributed by atoms with Crippen LogP contribution in [0.4, 0.5) is 5.82 Å². The quantitative estimate of drug-likeness (QED) is 0.840. The maximum absolute atomic E-state index is 13.2. The lowest BCUT2D eigenvalue weighted by Crippen LogP contribution is -2.30. The minimum Gasteiger partial charge on any atom is -0.263 e. The minimum absolute atomic E-state index is 0.272. The molecule has 0 bridgehead atoms. The smallest absolute Gasteiger partial charge is 0.263 e. The largest absolute Gasteiger partial charge is 0.269 e. The Kier molecular flexibility index (Phi) is 3.37. The molecule has 0 saturated heterocycles. The molecule has 7 nitrogen and oxygen atoms in total. The third kappa shape index (κ3) is 2.36. The van der Waals surface area contributed by atoms with Crippen molar-refractivity contribution in [2.75, 3.05) is 10.8 Å². The van der Waals surface area contributed by atoms with Crippen LogP contribution in [0.5, 0.6) is 0 Å². The molecule has 0 amide bonds. The van der Waals surface area contributed by atoms with E-state index in [2.05, 4.69) is 10.2 Å². The van der Waals surface area contributed by atoms with E-state index in [1.807, 2.05) is 40.7 Å². The molecule has 0 spiro atoms. The second kappa shape index (κ2) is 4.83. The molecule has 0 unspecified atom stereocenters. The molecule has 0 aliphatic carbocycles. The van der Waals surface area contributed by atoms with Crippen molar-refractivity contribution in [3.05, 3.63) is 23.1 Å². The van der Waals surface area contributed by atoms with Gasteiger partial charge in [-0.25, -0.2) is 17.4 Å². The standard InChI is InChI=1S/C15H23N5O2S/c1-10-9-13-18(16-10)7-8-19(13)23(21,22)14-11(2)17-20(12(14)3)15(4,5)6/h9H,7-8H2,1-6H3. The van der Waals surface area contributed by atoms with Gasteiger partial charge in [-0.2, -0.15) is 10.2 Å². The lowest BCUT2D eigenvalue weighted by molar-refractivity contribution is 0.345. The molecule has 0 fully saturated rings. The number of hydrogen-bond acceptors (Lipinski definition) is 4. The van der Waals surface area contributed by atoms with Crippen molar-refractivity contribution in [1.82, 2.24) is 19.6 Å². The highest BCUT2D eigenvalue weighted by Gasteiger charge is 2.37. The summed E-state index contributed by atoms with van der Waals surface area (Å²) >= 11 is 0. The van der Waals surface area contributed by atoms with E-state index in [9.17, 15) is 8.42 Å². The van der Waals surface area contributed by atoms with Gasteiger partial charge >= 0.3 is 0 Å². The fourth-order valence-corrected chi connectivity index (χ4v) is 5.02. The monoisotopic (exact) mass is 337 g/mol. The van der Waals surface area contributed by atoms with E-state index in [1.165, 1.54) is 4.31 Å². The van der Waals surface area contributed by atoms with Crippen molar-refractivity contribution in [2.24, 2.45) is 0 Å². The van der Waals surface area contributed by atoms with Crippen molar-refractivity contribution in [1.29, 1.82) is 0 Å². The highest BCUT2D eigenvalue weighted by atomic mass is 32.2. The van der Waals surface area contributed by atoms with Crippen LogP contribution < -0.4 is 4.31 Å². The van der Waals surface area contributed by atoms with Crippen LogP contribution >= 0.6 is 0 Å². The minimum atomic E-state index is -3.65. The second-order valence-corrected chi connectivity index (χ2v) is 8.83. The Hall–Kier alpha value is -1.83. The maximum atomic E-state index is 13.2. The van der Waals surface area contributed by atoms with Gasteiger partial charge in [-0.3, -0.25) is 4.68 Å². The summed E-state index contributed by atoms with van der Waals surface area (Å²) in [5.41, 5.74) is 1.75. The van der Waals surface area contributed by atoms with Crippen molar-refractivity contribution in [2.45, 2.75) is 58.5 Å². The lowest BCUT2D eigenvalue weighted by Gasteiger charge is -2.22. The first-order valence-corrected chi connectivity index (χ1v) is 9.11. The van der Waals surface area contributed by atoms with Crippen LogP contribution in [-0.4, -0.2) is 34.5 Å². The van der Waals surface area contributed by atoms with Gasteiger partial charge in [-0.1, -0.05) is 0 Å². The molecule has 1 aliphatic rings. The summed E-state index contributed by atoms with van der Waals surface area (Å²) in [6.07, 6.45) is 0. The molecule has 0 saturated carbocycles. The zero-order valence-electron chi connectivity index (χ0n) is 14.5. The summed E-state index contributed by atoms with van der Waals surface area (Å²) in [5.74, 6) is 0.629. The Morgan fingerprint density at radius 1 is 1.09 bits per heavy atom. The predicted molar refractivity (Wildman–Crippen MR) is 88.2 cm³/mol. The zero-order valence-corrected chi connectivity index (χ0v) is 15.3. The molecule has 126 valence electrons. The summed E-state index contributed by atoms with van der Waals surface area (Å²) in [4.78, 5) is 0.305. The Labute approximate surface area is 137 Å². The summed E-state index contributed by atoms with van der Waals surface area (Å²) in [5, 5.41) is 8.80. The van der Waals surface area contributed by atoms with Crippen molar-refractivity contribution in [3.8, 4) is 0 Å². The number of rotatable bonds is 2. The van der Waals surface area contributed by atoms with Crippen LogP contribution in [0.2, 0.25) is 0 Å². The molecule has 0 N–H and O–H groups in total. The van der Waals surface area contributed by atoms with E-state index in [4.69, 9.17) is 0 Å². The SMILES string of the molecule is Cc1cc2n(n1)CCN2S(=O)(=O)c1c(C)nn(C(C)(C)C)c1C. The van der Waals surface area contributed by atoms with Crippen molar-refractivity contribution >= 4 is 15.8 Å². The molecule has 2 aromatic rings. The van der Waals surface area contributed by atoms with E-state index < -0.39 is 10.0 Å². The second-order valence-electron chi connectivity index (χ2n) is 7.03. The third-order valence-electron chi connectivity index (χ3n) is 4.06. The summed E-state index contributed by atoms with van der Waals surface area (Å²) < 4.78 is 31.4. The number of aromatic nitrogens is 4. The summed E-state index contributed by atoms with van der Waals surface area (Å²) in [6.45, 7) is 12.4. The number of hydrogen-bond donors (Lipinski definition) is 0. The van der Waals surface area contributed by atoms with Crippen LogP contribution in [0.3, 0.4) is 0 Å². The average Bonchev–Trinajstić information content (AvgIpc) is 3.00. The fourth-order valence-electron chi connectivity index (χ4n) is 3.21. The van der Waals surface area contributed by atoms with E-state index in [1.54, 1.807) is 16.3 Å². The molecule has 0 atom stereocenters. The Morgan fingerprint density at radius 3 is 2.30 bits per heavy atom.